The zero-order chi connectivity index (χ0) is 21.9. The first-order valence-electron chi connectivity index (χ1n) is 10.6. The predicted octanol–water partition coefficient (Wildman–Crippen LogP) is 2.79. The third-order valence-electron chi connectivity index (χ3n) is 4.98. The summed E-state index contributed by atoms with van der Waals surface area (Å²) in [6, 6.07) is 4.43. The van der Waals surface area contributed by atoms with Crippen LogP contribution < -0.4 is 10.6 Å². The SMILES string of the molecule is CCOC(=O)N1CCC(NC(=NCC(=O)N(C)C)NCC(C)Cc2cccs2)CC1.I. The van der Waals surface area contributed by atoms with Crippen molar-refractivity contribution in [1.29, 1.82) is 0 Å². The second-order valence-electron chi connectivity index (χ2n) is 7.83. The van der Waals surface area contributed by atoms with Crippen LogP contribution in [-0.4, -0.2) is 80.7 Å². The first-order chi connectivity index (χ1) is 14.4. The summed E-state index contributed by atoms with van der Waals surface area (Å²) in [5.74, 6) is 1.04. The topological polar surface area (TPSA) is 86.3 Å². The number of thiophene rings is 1. The van der Waals surface area contributed by atoms with Gasteiger partial charge in [-0.1, -0.05) is 13.0 Å². The number of carbonyl (C=O) groups is 2. The standard InChI is InChI=1S/C21H35N5O3S.HI/c1-5-29-21(28)26-10-8-17(9-11-26)24-20(23-15-19(27)25(3)4)22-14-16(2)13-18-7-6-12-30-18;/h6-7,12,16-17H,5,8-11,13-15H2,1-4H3,(H2,22,23,24);1H. The minimum atomic E-state index is -0.248. The van der Waals surface area contributed by atoms with Crippen molar-refractivity contribution in [3.05, 3.63) is 22.4 Å². The quantitative estimate of drug-likeness (QED) is 0.288. The van der Waals surface area contributed by atoms with E-state index in [1.807, 2.05) is 6.92 Å². The van der Waals surface area contributed by atoms with Crippen molar-refractivity contribution in [2.24, 2.45) is 10.9 Å². The van der Waals surface area contributed by atoms with E-state index >= 15 is 0 Å². The van der Waals surface area contributed by atoms with Gasteiger partial charge in [0.15, 0.2) is 5.96 Å². The van der Waals surface area contributed by atoms with Gasteiger partial charge in [0.2, 0.25) is 5.91 Å². The van der Waals surface area contributed by atoms with Gasteiger partial charge >= 0.3 is 6.09 Å². The van der Waals surface area contributed by atoms with Gasteiger partial charge in [0.1, 0.15) is 6.54 Å². The third kappa shape index (κ3) is 10.1. The summed E-state index contributed by atoms with van der Waals surface area (Å²) in [5.41, 5.74) is 0. The minimum absolute atomic E-state index is 0. The number of amides is 2. The number of likely N-dealkylation sites (tertiary alicyclic amines) is 1. The highest BCUT2D eigenvalue weighted by Gasteiger charge is 2.24. The lowest BCUT2D eigenvalue weighted by Gasteiger charge is -2.32. The monoisotopic (exact) mass is 565 g/mol. The molecule has 31 heavy (non-hydrogen) atoms. The number of likely N-dealkylation sites (N-methyl/N-ethyl adjacent to an activating group) is 1. The summed E-state index contributed by atoms with van der Waals surface area (Å²) in [6.45, 7) is 6.57. The van der Waals surface area contributed by atoms with Gasteiger partial charge in [-0.25, -0.2) is 9.79 Å². The van der Waals surface area contributed by atoms with Crippen LogP contribution in [0.15, 0.2) is 22.5 Å². The highest BCUT2D eigenvalue weighted by atomic mass is 127. The summed E-state index contributed by atoms with van der Waals surface area (Å²) < 4.78 is 5.08. The Morgan fingerprint density at radius 3 is 2.65 bits per heavy atom. The van der Waals surface area contributed by atoms with E-state index in [-0.39, 0.29) is 48.6 Å². The second-order valence-corrected chi connectivity index (χ2v) is 8.86. The lowest BCUT2D eigenvalue weighted by atomic mass is 10.1. The molecule has 0 spiro atoms. The zero-order valence-corrected chi connectivity index (χ0v) is 22.1. The number of ether oxygens (including phenoxy) is 1. The molecule has 1 aliphatic rings. The third-order valence-corrected chi connectivity index (χ3v) is 5.88. The molecule has 176 valence electrons. The van der Waals surface area contributed by atoms with Crippen molar-refractivity contribution < 1.29 is 14.3 Å². The lowest BCUT2D eigenvalue weighted by Crippen LogP contribution is -2.50. The largest absolute Gasteiger partial charge is 0.450 e. The first-order valence-corrected chi connectivity index (χ1v) is 11.5. The van der Waals surface area contributed by atoms with E-state index in [1.54, 1.807) is 35.2 Å². The van der Waals surface area contributed by atoms with Crippen molar-refractivity contribution >= 4 is 53.3 Å². The molecule has 2 N–H and O–H groups in total. The molecular weight excluding hydrogens is 529 g/mol. The van der Waals surface area contributed by atoms with Crippen LogP contribution in [-0.2, 0) is 16.0 Å². The van der Waals surface area contributed by atoms with E-state index in [2.05, 4.69) is 40.1 Å². The van der Waals surface area contributed by atoms with Gasteiger partial charge in [0.25, 0.3) is 0 Å². The Morgan fingerprint density at radius 2 is 2.06 bits per heavy atom. The van der Waals surface area contributed by atoms with Gasteiger partial charge in [-0.15, -0.1) is 35.3 Å². The number of hydrogen-bond acceptors (Lipinski definition) is 5. The second kappa shape index (κ2) is 14.5. The number of nitrogens with one attached hydrogen (secondary N) is 2. The van der Waals surface area contributed by atoms with Crippen LogP contribution in [0, 0.1) is 5.92 Å². The van der Waals surface area contributed by atoms with Crippen molar-refractivity contribution in [2.75, 3.05) is 46.9 Å². The number of aliphatic imine (C=N–C) groups is 1. The Balaban J connectivity index is 0.00000480. The molecule has 1 unspecified atom stereocenters. The van der Waals surface area contributed by atoms with Crippen molar-refractivity contribution in [1.82, 2.24) is 20.4 Å². The molecule has 2 rings (SSSR count). The molecule has 2 heterocycles. The molecule has 0 saturated carbocycles. The number of guanidine groups is 1. The summed E-state index contributed by atoms with van der Waals surface area (Å²) in [4.78, 5) is 33.0. The molecule has 8 nitrogen and oxygen atoms in total. The maximum Gasteiger partial charge on any atom is 0.409 e. The predicted molar refractivity (Wildman–Crippen MR) is 136 cm³/mol. The molecule has 0 bridgehead atoms. The Hall–Kier alpha value is -1.56. The average molecular weight is 566 g/mol. The molecule has 0 aromatic carbocycles. The van der Waals surface area contributed by atoms with Gasteiger partial charge in [0.05, 0.1) is 6.61 Å². The van der Waals surface area contributed by atoms with Crippen LogP contribution in [0.2, 0.25) is 0 Å². The molecule has 10 heteroatoms. The number of halogens is 1. The molecule has 0 aliphatic carbocycles. The molecule has 1 atom stereocenters. The van der Waals surface area contributed by atoms with Crippen LogP contribution >= 0.6 is 35.3 Å². The molecule has 2 amide bonds. The first kappa shape index (κ1) is 27.5. The summed E-state index contributed by atoms with van der Waals surface area (Å²) >= 11 is 1.77. The number of hydrogen-bond donors (Lipinski definition) is 2. The number of nitrogens with zero attached hydrogens (tertiary/aromatic N) is 3. The minimum Gasteiger partial charge on any atom is -0.450 e. The fourth-order valence-electron chi connectivity index (χ4n) is 3.17. The maximum absolute atomic E-state index is 12.0. The number of rotatable bonds is 8. The van der Waals surface area contributed by atoms with E-state index in [1.165, 1.54) is 4.88 Å². The normalized spacial score (nSPS) is 15.6. The summed E-state index contributed by atoms with van der Waals surface area (Å²) in [6.07, 6.45) is 2.38. The van der Waals surface area contributed by atoms with Gasteiger partial charge in [0, 0.05) is 44.6 Å². The zero-order valence-electron chi connectivity index (χ0n) is 18.9. The molecule has 1 aromatic rings. The Bertz CT molecular complexity index is 691. The number of carbonyl (C=O) groups excluding carboxylic acids is 2. The Labute approximate surface area is 206 Å². The molecular formula is C21H36IN5O3S. The van der Waals surface area contributed by atoms with Crippen LogP contribution in [0.3, 0.4) is 0 Å². The maximum atomic E-state index is 12.0. The fourth-order valence-corrected chi connectivity index (χ4v) is 4.04. The van der Waals surface area contributed by atoms with E-state index in [4.69, 9.17) is 4.74 Å². The van der Waals surface area contributed by atoms with Crippen molar-refractivity contribution in [3.8, 4) is 0 Å². The molecule has 1 aliphatic heterocycles. The van der Waals surface area contributed by atoms with Crippen LogP contribution in [0.1, 0.15) is 31.6 Å². The van der Waals surface area contributed by atoms with Crippen LogP contribution in [0.25, 0.3) is 0 Å². The highest BCUT2D eigenvalue weighted by Crippen LogP contribution is 2.14. The van der Waals surface area contributed by atoms with Crippen molar-refractivity contribution in [3.63, 3.8) is 0 Å². The summed E-state index contributed by atoms with van der Waals surface area (Å²) in [7, 11) is 3.46. The van der Waals surface area contributed by atoms with Crippen LogP contribution in [0.5, 0.6) is 0 Å². The molecule has 1 aromatic heterocycles. The lowest BCUT2D eigenvalue weighted by molar-refractivity contribution is -0.127. The summed E-state index contributed by atoms with van der Waals surface area (Å²) in [5, 5.41) is 8.94. The van der Waals surface area contributed by atoms with E-state index in [0.717, 1.165) is 25.8 Å². The average Bonchev–Trinajstić information content (AvgIpc) is 3.23. The van der Waals surface area contributed by atoms with E-state index in [9.17, 15) is 9.59 Å². The number of piperidine rings is 1. The molecule has 0 radical (unpaired) electrons. The molecule has 1 fully saturated rings. The fraction of sp³-hybridized carbons (Fsp3) is 0.667. The van der Waals surface area contributed by atoms with Gasteiger partial charge in [-0.3, -0.25) is 4.79 Å². The van der Waals surface area contributed by atoms with Gasteiger partial charge < -0.3 is 25.2 Å². The smallest absolute Gasteiger partial charge is 0.409 e. The van der Waals surface area contributed by atoms with E-state index < -0.39 is 0 Å². The molecule has 1 saturated heterocycles. The van der Waals surface area contributed by atoms with Gasteiger partial charge in [-0.2, -0.15) is 0 Å². The van der Waals surface area contributed by atoms with Crippen molar-refractivity contribution in [2.45, 2.75) is 39.2 Å². The highest BCUT2D eigenvalue weighted by molar-refractivity contribution is 14.0. The van der Waals surface area contributed by atoms with Crippen LogP contribution in [0.4, 0.5) is 4.79 Å². The Morgan fingerprint density at radius 1 is 1.35 bits per heavy atom. The van der Waals surface area contributed by atoms with Gasteiger partial charge in [-0.05, 0) is 43.6 Å². The van der Waals surface area contributed by atoms with E-state index in [0.29, 0.717) is 31.6 Å². The Kier molecular flexibility index (Phi) is 12.8.